The van der Waals surface area contributed by atoms with Gasteiger partial charge in [-0.05, 0) is 47.2 Å². The minimum Gasteiger partial charge on any atom is -0.497 e. The Hall–Kier alpha value is -3.82. The number of methoxy groups -OCH3 is 1. The van der Waals surface area contributed by atoms with Crippen LogP contribution in [0.25, 0.3) is 58.4 Å². The first-order valence-corrected chi connectivity index (χ1v) is 11.6. The zero-order valence-electron chi connectivity index (χ0n) is 17.5. The van der Waals surface area contributed by atoms with E-state index in [0.717, 1.165) is 5.75 Å². The predicted molar refractivity (Wildman–Crippen MR) is 138 cm³/mol. The lowest BCUT2D eigenvalue weighted by Gasteiger charge is -2.10. The predicted octanol–water partition coefficient (Wildman–Crippen LogP) is 8.31. The van der Waals surface area contributed by atoms with Crippen LogP contribution in [0.15, 0.2) is 97.1 Å². The van der Waals surface area contributed by atoms with Crippen molar-refractivity contribution in [1.82, 2.24) is 4.57 Å². The van der Waals surface area contributed by atoms with Crippen LogP contribution in [0.4, 0.5) is 0 Å². The summed E-state index contributed by atoms with van der Waals surface area (Å²) in [5, 5.41) is 7.78. The second-order valence-corrected chi connectivity index (χ2v) is 9.18. The van der Waals surface area contributed by atoms with Gasteiger partial charge in [-0.3, -0.25) is 0 Å². The van der Waals surface area contributed by atoms with Gasteiger partial charge < -0.3 is 9.30 Å². The van der Waals surface area contributed by atoms with E-state index in [1.54, 1.807) is 7.11 Å². The molecule has 0 aliphatic carbocycles. The summed E-state index contributed by atoms with van der Waals surface area (Å²) >= 11 is 1.87. The second-order valence-electron chi connectivity index (χ2n) is 8.13. The molecule has 2 aromatic heterocycles. The molecule has 0 fully saturated rings. The average Bonchev–Trinajstić information content (AvgIpc) is 3.41. The molecule has 0 spiro atoms. The van der Waals surface area contributed by atoms with Crippen LogP contribution in [0.3, 0.4) is 0 Å². The fourth-order valence-corrected chi connectivity index (χ4v) is 6.37. The Bertz CT molecular complexity index is 1810. The molecular formula is C29H19NOS. The van der Waals surface area contributed by atoms with Gasteiger partial charge in [0.2, 0.25) is 0 Å². The van der Waals surface area contributed by atoms with Crippen molar-refractivity contribution in [2.45, 2.75) is 0 Å². The first kappa shape index (κ1) is 17.8. The molecule has 0 atom stereocenters. The van der Waals surface area contributed by atoms with Gasteiger partial charge in [-0.15, -0.1) is 11.3 Å². The smallest absolute Gasteiger partial charge is 0.119 e. The van der Waals surface area contributed by atoms with Crippen LogP contribution in [0.5, 0.6) is 5.75 Å². The van der Waals surface area contributed by atoms with Gasteiger partial charge in [-0.2, -0.15) is 0 Å². The number of ether oxygens (including phenoxy) is 1. The molecule has 5 aromatic carbocycles. The van der Waals surface area contributed by atoms with Gasteiger partial charge in [-0.25, -0.2) is 0 Å². The minimum atomic E-state index is 0.894. The van der Waals surface area contributed by atoms with Crippen LogP contribution in [0.1, 0.15) is 0 Å². The molecule has 0 saturated heterocycles. The molecule has 0 aliphatic heterocycles. The molecule has 0 unspecified atom stereocenters. The zero-order valence-corrected chi connectivity index (χ0v) is 18.3. The Balaban J connectivity index is 1.85. The lowest BCUT2D eigenvalue weighted by molar-refractivity contribution is 0.415. The summed E-state index contributed by atoms with van der Waals surface area (Å²) in [6.07, 6.45) is 0. The summed E-state index contributed by atoms with van der Waals surface area (Å²) in [6.45, 7) is 0. The molecule has 152 valence electrons. The molecule has 0 saturated carbocycles. The van der Waals surface area contributed by atoms with Gasteiger partial charge in [0.05, 0.1) is 22.8 Å². The molecule has 7 rings (SSSR count). The lowest BCUT2D eigenvalue weighted by atomic mass is 9.99. The van der Waals surface area contributed by atoms with E-state index in [2.05, 4.69) is 102 Å². The van der Waals surface area contributed by atoms with Gasteiger partial charge in [0.1, 0.15) is 5.75 Å². The number of para-hydroxylation sites is 2. The molecule has 3 heteroatoms. The van der Waals surface area contributed by atoms with Gasteiger partial charge in [0.25, 0.3) is 0 Å². The van der Waals surface area contributed by atoms with E-state index in [0.29, 0.717) is 0 Å². The third-order valence-electron chi connectivity index (χ3n) is 6.47. The van der Waals surface area contributed by atoms with E-state index in [9.17, 15) is 0 Å². The Morgan fingerprint density at radius 1 is 0.656 bits per heavy atom. The highest BCUT2D eigenvalue weighted by atomic mass is 32.1. The number of benzene rings is 5. The van der Waals surface area contributed by atoms with Crippen LogP contribution in [0, 0.1) is 0 Å². The van der Waals surface area contributed by atoms with Gasteiger partial charge >= 0.3 is 0 Å². The van der Waals surface area contributed by atoms with Crippen LogP contribution in [0.2, 0.25) is 0 Å². The maximum atomic E-state index is 5.58. The molecule has 0 bridgehead atoms. The van der Waals surface area contributed by atoms with Crippen molar-refractivity contribution >= 4 is 64.1 Å². The van der Waals surface area contributed by atoms with Gasteiger partial charge in [-0.1, -0.05) is 60.7 Å². The summed E-state index contributed by atoms with van der Waals surface area (Å²) in [5.41, 5.74) is 3.71. The third kappa shape index (κ3) is 2.29. The number of rotatable bonds is 2. The number of hydrogen-bond acceptors (Lipinski definition) is 2. The van der Waals surface area contributed by atoms with E-state index >= 15 is 0 Å². The Morgan fingerprint density at radius 3 is 2.12 bits per heavy atom. The highest BCUT2D eigenvalue weighted by Gasteiger charge is 2.21. The number of fused-ring (bicyclic) bond motifs is 10. The van der Waals surface area contributed by atoms with E-state index in [1.807, 2.05) is 11.3 Å². The normalized spacial score (nSPS) is 11.9. The summed E-state index contributed by atoms with van der Waals surface area (Å²) < 4.78 is 10.6. The number of hydrogen-bond donors (Lipinski definition) is 0. The van der Waals surface area contributed by atoms with Crippen molar-refractivity contribution in [3.63, 3.8) is 0 Å². The maximum absolute atomic E-state index is 5.58. The monoisotopic (exact) mass is 429 g/mol. The van der Waals surface area contributed by atoms with Crippen LogP contribution >= 0.6 is 11.3 Å². The van der Waals surface area contributed by atoms with E-state index in [4.69, 9.17) is 4.74 Å². The second kappa shape index (κ2) is 6.59. The van der Waals surface area contributed by atoms with Crippen molar-refractivity contribution in [3.05, 3.63) is 97.1 Å². The molecule has 7 aromatic rings. The van der Waals surface area contributed by atoms with E-state index in [-0.39, 0.29) is 0 Å². The molecule has 2 heterocycles. The summed E-state index contributed by atoms with van der Waals surface area (Å²) in [4.78, 5) is 0. The van der Waals surface area contributed by atoms with E-state index in [1.165, 1.54) is 58.4 Å². The van der Waals surface area contributed by atoms with Crippen LogP contribution in [-0.4, -0.2) is 11.7 Å². The topological polar surface area (TPSA) is 14.2 Å². The highest BCUT2D eigenvalue weighted by molar-refractivity contribution is 7.27. The maximum Gasteiger partial charge on any atom is 0.119 e. The molecule has 32 heavy (non-hydrogen) atoms. The summed E-state index contributed by atoms with van der Waals surface area (Å²) in [6, 6.07) is 34.7. The standard InChI is InChI=1S/C29H19NOS/c1-31-19-15-16-25-23(17-19)27-21-12-6-5-11-20(21)26-22-13-7-8-14-24(22)30(28(26)29(27)32-25)18-9-3-2-4-10-18/h2-17H,1H3. The molecular weight excluding hydrogens is 410 g/mol. The molecule has 0 aliphatic rings. The zero-order chi connectivity index (χ0) is 21.2. The minimum absolute atomic E-state index is 0.894. The molecule has 0 radical (unpaired) electrons. The Labute approximate surface area is 188 Å². The number of nitrogens with zero attached hydrogens (tertiary/aromatic N) is 1. The fraction of sp³-hybridized carbons (Fsp3) is 0.0345. The Morgan fingerprint density at radius 2 is 1.34 bits per heavy atom. The van der Waals surface area contributed by atoms with Gasteiger partial charge in [0.15, 0.2) is 0 Å². The summed E-state index contributed by atoms with van der Waals surface area (Å²) in [5.74, 6) is 0.894. The first-order valence-electron chi connectivity index (χ1n) is 10.7. The quantitative estimate of drug-likeness (QED) is 0.269. The molecule has 2 nitrogen and oxygen atoms in total. The number of thiophene rings is 1. The first-order chi connectivity index (χ1) is 15.8. The van der Waals surface area contributed by atoms with Crippen molar-refractivity contribution in [3.8, 4) is 11.4 Å². The van der Waals surface area contributed by atoms with E-state index < -0.39 is 0 Å². The third-order valence-corrected chi connectivity index (χ3v) is 7.64. The SMILES string of the molecule is COc1ccc2sc3c(c2c1)c1ccccc1c1c2ccccc2n(-c2ccccc2)c31. The van der Waals surface area contributed by atoms with Crippen molar-refractivity contribution in [2.75, 3.05) is 7.11 Å². The molecule has 0 N–H and O–H groups in total. The lowest BCUT2D eigenvalue weighted by Crippen LogP contribution is -1.93. The molecule has 0 amide bonds. The number of aromatic nitrogens is 1. The van der Waals surface area contributed by atoms with Gasteiger partial charge in [0, 0.05) is 31.9 Å². The van der Waals surface area contributed by atoms with Crippen LogP contribution < -0.4 is 4.74 Å². The van der Waals surface area contributed by atoms with Crippen LogP contribution in [-0.2, 0) is 0 Å². The highest BCUT2D eigenvalue weighted by Crippen LogP contribution is 2.48. The van der Waals surface area contributed by atoms with Crippen molar-refractivity contribution in [2.24, 2.45) is 0 Å². The Kier molecular flexibility index (Phi) is 3.67. The largest absolute Gasteiger partial charge is 0.497 e. The average molecular weight is 430 g/mol. The van der Waals surface area contributed by atoms with Crippen molar-refractivity contribution in [1.29, 1.82) is 0 Å². The van der Waals surface area contributed by atoms with Crippen molar-refractivity contribution < 1.29 is 4.74 Å². The fourth-order valence-electron chi connectivity index (χ4n) is 5.13. The summed E-state index contributed by atoms with van der Waals surface area (Å²) in [7, 11) is 1.74.